The number of ether oxygens (including phenoxy) is 2. The number of aliphatic hydroxyl groups is 1. The molecule has 1 amide bonds. The average molecular weight is 471 g/mol. The van der Waals surface area contributed by atoms with Crippen LogP contribution in [0.2, 0.25) is 0 Å². The van der Waals surface area contributed by atoms with Crippen molar-refractivity contribution in [1.82, 2.24) is 9.80 Å². The molecule has 0 radical (unpaired) electrons. The fourth-order valence-electron chi connectivity index (χ4n) is 4.02. The molecule has 0 saturated carbocycles. The molecule has 0 bridgehead atoms. The van der Waals surface area contributed by atoms with Crippen molar-refractivity contribution in [2.75, 3.05) is 40.4 Å². The largest absolute Gasteiger partial charge is 0.507 e. The lowest BCUT2D eigenvalue weighted by Crippen LogP contribution is -2.32. The predicted octanol–water partition coefficient (Wildman–Crippen LogP) is 4.00. The van der Waals surface area contributed by atoms with E-state index in [0.29, 0.717) is 43.2 Å². The number of rotatable bonds is 10. The summed E-state index contributed by atoms with van der Waals surface area (Å²) in [5, 5.41) is 11.1. The Labute approximate surface area is 199 Å². The molecule has 0 aliphatic carbocycles. The molecule has 1 aliphatic rings. The van der Waals surface area contributed by atoms with Crippen LogP contribution < -0.4 is 9.47 Å². The van der Waals surface area contributed by atoms with Crippen LogP contribution >= 0.6 is 0 Å². The Morgan fingerprint density at radius 2 is 1.68 bits per heavy atom. The average Bonchev–Trinajstić information content (AvgIpc) is 3.05. The lowest BCUT2D eigenvalue weighted by Gasteiger charge is -2.26. The highest BCUT2D eigenvalue weighted by molar-refractivity contribution is 6.46. The highest BCUT2D eigenvalue weighted by Crippen LogP contribution is 2.42. The standard InChI is InChI=1S/C26H31FN2O5/c1-5-33-20-13-10-18(16-21(20)34-6-2)23-22(24(30)17-8-11-19(27)12-9-17)25(31)26(32)29(23)15-7-14-28(3)4/h8-13,16,23,30H,5-7,14-15H2,1-4H3/t23-/m0/s1. The smallest absolute Gasteiger partial charge is 0.295 e. The molecule has 8 heteroatoms. The number of aliphatic hydroxyl groups excluding tert-OH is 1. The number of amides is 1. The first-order valence-corrected chi connectivity index (χ1v) is 11.4. The van der Waals surface area contributed by atoms with Crippen molar-refractivity contribution in [3.8, 4) is 11.5 Å². The molecule has 1 heterocycles. The second-order valence-electron chi connectivity index (χ2n) is 8.23. The van der Waals surface area contributed by atoms with Gasteiger partial charge in [0, 0.05) is 12.1 Å². The zero-order valence-electron chi connectivity index (χ0n) is 20.0. The van der Waals surface area contributed by atoms with Gasteiger partial charge in [-0.25, -0.2) is 4.39 Å². The van der Waals surface area contributed by atoms with E-state index in [1.54, 1.807) is 18.2 Å². The predicted molar refractivity (Wildman–Crippen MR) is 127 cm³/mol. The molecule has 2 aromatic carbocycles. The number of halogens is 1. The second kappa shape index (κ2) is 11.2. The number of likely N-dealkylation sites (tertiary alicyclic amines) is 1. The van der Waals surface area contributed by atoms with Gasteiger partial charge in [-0.3, -0.25) is 9.59 Å². The van der Waals surface area contributed by atoms with Crippen LogP contribution in [-0.2, 0) is 9.59 Å². The van der Waals surface area contributed by atoms with Crippen LogP contribution in [0.3, 0.4) is 0 Å². The third-order valence-corrected chi connectivity index (χ3v) is 5.55. The van der Waals surface area contributed by atoms with E-state index in [0.717, 1.165) is 6.54 Å². The molecule has 3 rings (SSSR count). The lowest BCUT2D eigenvalue weighted by molar-refractivity contribution is -0.139. The van der Waals surface area contributed by atoms with Gasteiger partial charge >= 0.3 is 0 Å². The summed E-state index contributed by atoms with van der Waals surface area (Å²) >= 11 is 0. The summed E-state index contributed by atoms with van der Waals surface area (Å²) in [6, 6.07) is 9.57. The Bertz CT molecular complexity index is 1070. The van der Waals surface area contributed by atoms with Crippen LogP contribution in [-0.4, -0.2) is 67.0 Å². The Morgan fingerprint density at radius 3 is 2.29 bits per heavy atom. The van der Waals surface area contributed by atoms with Crippen molar-refractivity contribution in [2.24, 2.45) is 0 Å². The number of hydrogen-bond acceptors (Lipinski definition) is 6. The minimum Gasteiger partial charge on any atom is -0.507 e. The van der Waals surface area contributed by atoms with Crippen LogP contribution in [0, 0.1) is 5.82 Å². The quantitative estimate of drug-likeness (QED) is 0.321. The van der Waals surface area contributed by atoms with E-state index in [1.165, 1.54) is 29.2 Å². The van der Waals surface area contributed by atoms with Gasteiger partial charge in [-0.2, -0.15) is 0 Å². The Kier molecular flexibility index (Phi) is 8.28. The summed E-state index contributed by atoms with van der Waals surface area (Å²) in [6.45, 7) is 5.62. The van der Waals surface area contributed by atoms with E-state index < -0.39 is 23.5 Å². The first kappa shape index (κ1) is 25.2. The Balaban J connectivity index is 2.13. The lowest BCUT2D eigenvalue weighted by atomic mass is 9.95. The van der Waals surface area contributed by atoms with E-state index in [1.807, 2.05) is 32.8 Å². The number of Topliss-reactive ketones (excluding diaryl/α,β-unsaturated/α-hetero) is 1. The molecule has 1 saturated heterocycles. The molecular formula is C26H31FN2O5. The molecule has 0 aromatic heterocycles. The highest BCUT2D eigenvalue weighted by Gasteiger charge is 2.46. The molecule has 0 spiro atoms. The number of nitrogens with zero attached hydrogens (tertiary/aromatic N) is 2. The monoisotopic (exact) mass is 470 g/mol. The Morgan fingerprint density at radius 1 is 1.03 bits per heavy atom. The van der Waals surface area contributed by atoms with E-state index in [4.69, 9.17) is 9.47 Å². The molecule has 1 N–H and O–H groups in total. The molecule has 34 heavy (non-hydrogen) atoms. The van der Waals surface area contributed by atoms with Gasteiger partial charge in [0.25, 0.3) is 11.7 Å². The number of benzene rings is 2. The fraction of sp³-hybridized carbons (Fsp3) is 0.385. The van der Waals surface area contributed by atoms with Crippen LogP contribution in [0.4, 0.5) is 4.39 Å². The Hall–Kier alpha value is -3.39. The molecule has 1 fully saturated rings. The van der Waals surface area contributed by atoms with Crippen molar-refractivity contribution >= 4 is 17.4 Å². The van der Waals surface area contributed by atoms with Crippen LogP contribution in [0.25, 0.3) is 5.76 Å². The van der Waals surface area contributed by atoms with Crippen molar-refractivity contribution < 1.29 is 28.6 Å². The molecule has 7 nitrogen and oxygen atoms in total. The zero-order chi connectivity index (χ0) is 24.8. The number of hydrogen-bond donors (Lipinski definition) is 1. The molecule has 1 aliphatic heterocycles. The van der Waals surface area contributed by atoms with Crippen LogP contribution in [0.1, 0.15) is 37.4 Å². The maximum atomic E-state index is 13.4. The summed E-state index contributed by atoms with van der Waals surface area (Å²) < 4.78 is 24.8. The van der Waals surface area contributed by atoms with Gasteiger partial charge in [-0.05, 0) is 82.9 Å². The molecule has 1 atom stereocenters. The normalized spacial score (nSPS) is 17.5. The summed E-state index contributed by atoms with van der Waals surface area (Å²) in [5.41, 5.74) is 0.835. The van der Waals surface area contributed by atoms with E-state index >= 15 is 0 Å². The summed E-state index contributed by atoms with van der Waals surface area (Å²) in [6.07, 6.45) is 0.641. The topological polar surface area (TPSA) is 79.3 Å². The maximum absolute atomic E-state index is 13.4. The second-order valence-corrected chi connectivity index (χ2v) is 8.23. The minimum atomic E-state index is -0.818. The van der Waals surface area contributed by atoms with E-state index in [2.05, 4.69) is 0 Å². The number of ketones is 1. The molecular weight excluding hydrogens is 439 g/mol. The zero-order valence-corrected chi connectivity index (χ0v) is 20.0. The van der Waals surface area contributed by atoms with Gasteiger partial charge in [0.05, 0.1) is 24.8 Å². The third kappa shape index (κ3) is 5.39. The third-order valence-electron chi connectivity index (χ3n) is 5.55. The molecule has 2 aromatic rings. The van der Waals surface area contributed by atoms with Gasteiger partial charge in [0.1, 0.15) is 11.6 Å². The van der Waals surface area contributed by atoms with Gasteiger partial charge in [-0.15, -0.1) is 0 Å². The minimum absolute atomic E-state index is 0.0342. The fourth-order valence-corrected chi connectivity index (χ4v) is 4.02. The maximum Gasteiger partial charge on any atom is 0.295 e. The molecule has 182 valence electrons. The summed E-state index contributed by atoms with van der Waals surface area (Å²) in [7, 11) is 3.86. The van der Waals surface area contributed by atoms with Crippen LogP contribution in [0.5, 0.6) is 11.5 Å². The van der Waals surface area contributed by atoms with Crippen molar-refractivity contribution in [3.05, 3.63) is 65.0 Å². The van der Waals surface area contributed by atoms with E-state index in [9.17, 15) is 19.1 Å². The van der Waals surface area contributed by atoms with Crippen molar-refractivity contribution in [3.63, 3.8) is 0 Å². The van der Waals surface area contributed by atoms with Crippen molar-refractivity contribution in [2.45, 2.75) is 26.3 Å². The first-order chi connectivity index (χ1) is 16.3. The number of carbonyl (C=O) groups excluding carboxylic acids is 2. The van der Waals surface area contributed by atoms with Gasteiger partial charge < -0.3 is 24.4 Å². The first-order valence-electron chi connectivity index (χ1n) is 11.4. The van der Waals surface area contributed by atoms with Gasteiger partial charge in [-0.1, -0.05) is 6.07 Å². The van der Waals surface area contributed by atoms with E-state index in [-0.39, 0.29) is 16.9 Å². The summed E-state index contributed by atoms with van der Waals surface area (Å²) in [5.74, 6) is -1.23. The van der Waals surface area contributed by atoms with Crippen molar-refractivity contribution in [1.29, 1.82) is 0 Å². The molecule has 0 unspecified atom stereocenters. The van der Waals surface area contributed by atoms with Gasteiger partial charge in [0.15, 0.2) is 11.5 Å². The van der Waals surface area contributed by atoms with Gasteiger partial charge in [0.2, 0.25) is 0 Å². The summed E-state index contributed by atoms with van der Waals surface area (Å²) in [4.78, 5) is 29.6. The van der Waals surface area contributed by atoms with Crippen LogP contribution in [0.15, 0.2) is 48.0 Å². The SMILES string of the molecule is CCOc1ccc([C@H]2C(=C(O)c3ccc(F)cc3)C(=O)C(=O)N2CCCN(C)C)cc1OCC. The number of carbonyl (C=O) groups is 2. The highest BCUT2D eigenvalue weighted by atomic mass is 19.1.